The van der Waals surface area contributed by atoms with Crippen LogP contribution in [0, 0.1) is 17.8 Å². The second kappa shape index (κ2) is 12.2. The summed E-state index contributed by atoms with van der Waals surface area (Å²) in [6.45, 7) is 4.36. The number of benzene rings is 1. The normalized spacial score (nSPS) is 19.7. The minimum Gasteiger partial charge on any atom is -0.344 e. The van der Waals surface area contributed by atoms with Gasteiger partial charge in [0.05, 0.1) is 24.0 Å². The third-order valence-electron chi connectivity index (χ3n) is 7.30. The third-order valence-corrected chi connectivity index (χ3v) is 7.30. The van der Waals surface area contributed by atoms with Crippen molar-refractivity contribution in [3.05, 3.63) is 59.6 Å². The lowest BCUT2D eigenvalue weighted by atomic mass is 9.81. The molecule has 1 fully saturated rings. The molecule has 1 saturated carbocycles. The number of hydrogen-bond donors (Lipinski definition) is 4. The van der Waals surface area contributed by atoms with Crippen LogP contribution in [0.3, 0.4) is 0 Å². The Bertz CT molecular complexity index is 1100. The first-order chi connectivity index (χ1) is 17.1. The summed E-state index contributed by atoms with van der Waals surface area (Å²) in [5.74, 6) is 9.89. The van der Waals surface area contributed by atoms with Crippen molar-refractivity contribution >= 4 is 0 Å². The fourth-order valence-corrected chi connectivity index (χ4v) is 4.97. The number of aromatic nitrogens is 4. The van der Waals surface area contributed by atoms with Gasteiger partial charge in [0.2, 0.25) is 0 Å². The maximum atomic E-state index is 6.25. The molecule has 0 spiro atoms. The lowest BCUT2D eigenvalue weighted by Gasteiger charge is -2.24. The number of nitrogens with one attached hydrogen (secondary N) is 3. The molecule has 186 valence electrons. The van der Waals surface area contributed by atoms with Gasteiger partial charge in [-0.2, -0.15) is 0 Å². The zero-order valence-electron chi connectivity index (χ0n) is 21.4. The van der Waals surface area contributed by atoms with Gasteiger partial charge in [-0.05, 0) is 63.3 Å². The Labute approximate surface area is 209 Å². The largest absolute Gasteiger partial charge is 0.344 e. The highest BCUT2D eigenvalue weighted by molar-refractivity contribution is 5.60. The molecule has 1 aromatic carbocycles. The quantitative estimate of drug-likeness (QED) is 0.288. The van der Waals surface area contributed by atoms with Crippen LogP contribution in [-0.2, 0) is 0 Å². The van der Waals surface area contributed by atoms with Crippen LogP contribution < -0.4 is 11.1 Å². The monoisotopic (exact) mass is 472 g/mol. The zero-order chi connectivity index (χ0) is 24.6. The number of hydrogen-bond acceptors (Lipinski definition) is 4. The molecule has 3 aromatic rings. The molecule has 0 aliphatic heterocycles. The van der Waals surface area contributed by atoms with E-state index < -0.39 is 0 Å². The molecule has 6 nitrogen and oxygen atoms in total. The van der Waals surface area contributed by atoms with Gasteiger partial charge < -0.3 is 21.0 Å². The van der Waals surface area contributed by atoms with E-state index >= 15 is 0 Å². The molecule has 1 aliphatic rings. The first-order valence-corrected chi connectivity index (χ1v) is 13.3. The lowest BCUT2D eigenvalue weighted by Crippen LogP contribution is -2.17. The summed E-state index contributed by atoms with van der Waals surface area (Å²) < 4.78 is 0. The van der Waals surface area contributed by atoms with Crippen LogP contribution in [-0.4, -0.2) is 27.0 Å². The SMILES string of the molecule is CCCCC(N)c1ncc(-c2ccc(C#CC3CCC(c4cnc(C(CC)NC)[nH]4)CC3)cc2)[nH]1. The smallest absolute Gasteiger partial charge is 0.123 e. The number of nitrogens with zero attached hydrogens (tertiary/aromatic N) is 2. The number of unbranched alkanes of at least 4 members (excludes halogenated alkanes) is 1. The van der Waals surface area contributed by atoms with E-state index in [1.54, 1.807) is 0 Å². The number of imidazole rings is 2. The minimum absolute atomic E-state index is 0.0270. The highest BCUT2D eigenvalue weighted by Crippen LogP contribution is 2.35. The van der Waals surface area contributed by atoms with Crippen molar-refractivity contribution in [2.24, 2.45) is 11.7 Å². The summed E-state index contributed by atoms with van der Waals surface area (Å²) in [5, 5.41) is 3.33. The van der Waals surface area contributed by atoms with Crippen LogP contribution in [0.1, 0.15) is 106 Å². The zero-order valence-corrected chi connectivity index (χ0v) is 21.4. The van der Waals surface area contributed by atoms with Gasteiger partial charge >= 0.3 is 0 Å². The molecular weight excluding hydrogens is 432 g/mol. The van der Waals surface area contributed by atoms with Crippen LogP contribution in [0.5, 0.6) is 0 Å². The number of nitrogens with two attached hydrogens (primary N) is 1. The third kappa shape index (κ3) is 6.42. The number of H-pyrrole nitrogens is 2. The second-order valence-corrected chi connectivity index (χ2v) is 9.80. The van der Waals surface area contributed by atoms with E-state index in [9.17, 15) is 0 Å². The second-order valence-electron chi connectivity index (χ2n) is 9.80. The van der Waals surface area contributed by atoms with Crippen molar-refractivity contribution in [2.75, 3.05) is 7.05 Å². The predicted molar refractivity (Wildman–Crippen MR) is 143 cm³/mol. The topological polar surface area (TPSA) is 95.4 Å². The Morgan fingerprint density at radius 3 is 2.46 bits per heavy atom. The maximum Gasteiger partial charge on any atom is 0.123 e. The molecule has 35 heavy (non-hydrogen) atoms. The van der Waals surface area contributed by atoms with E-state index in [-0.39, 0.29) is 6.04 Å². The van der Waals surface area contributed by atoms with Crippen LogP contribution in [0.4, 0.5) is 0 Å². The van der Waals surface area contributed by atoms with Crippen LogP contribution in [0.2, 0.25) is 0 Å². The molecule has 2 aromatic heterocycles. The predicted octanol–water partition coefficient (Wildman–Crippen LogP) is 5.99. The Morgan fingerprint density at radius 2 is 1.77 bits per heavy atom. The Hall–Kier alpha value is -2.88. The van der Waals surface area contributed by atoms with Gasteiger partial charge in [0.1, 0.15) is 11.6 Å². The molecule has 4 rings (SSSR count). The van der Waals surface area contributed by atoms with E-state index in [2.05, 4.69) is 75.2 Å². The van der Waals surface area contributed by atoms with E-state index in [0.29, 0.717) is 17.9 Å². The Kier molecular flexibility index (Phi) is 8.79. The Morgan fingerprint density at radius 1 is 1.03 bits per heavy atom. The molecule has 0 amide bonds. The molecule has 5 N–H and O–H groups in total. The highest BCUT2D eigenvalue weighted by Gasteiger charge is 2.23. The van der Waals surface area contributed by atoms with E-state index in [1.807, 2.05) is 19.4 Å². The van der Waals surface area contributed by atoms with Crippen LogP contribution >= 0.6 is 0 Å². The standard InChI is InChI=1S/C29H40N6/c1-4-6-7-24(30)28-32-18-26(34-28)22-14-10-20(11-15-22)8-9-21-12-16-23(17-13-21)27-19-33-29(35-27)25(5-2)31-3/h10-11,14-15,18-19,21,23-25,31H,4-7,12-13,16-17,30H2,1-3H3,(H,32,34)(H,33,35). The molecular formula is C29H40N6. The summed E-state index contributed by atoms with van der Waals surface area (Å²) in [5.41, 5.74) is 10.7. The van der Waals surface area contributed by atoms with Crippen LogP contribution in [0.15, 0.2) is 36.7 Å². The van der Waals surface area contributed by atoms with Gasteiger partial charge in [0.15, 0.2) is 0 Å². The minimum atomic E-state index is -0.0270. The van der Waals surface area contributed by atoms with Gasteiger partial charge in [0.25, 0.3) is 0 Å². The van der Waals surface area contributed by atoms with Crippen molar-refractivity contribution < 1.29 is 0 Å². The van der Waals surface area contributed by atoms with Crippen molar-refractivity contribution in [1.29, 1.82) is 0 Å². The van der Waals surface area contributed by atoms with Crippen molar-refractivity contribution in [3.63, 3.8) is 0 Å². The van der Waals surface area contributed by atoms with Gasteiger partial charge in [0, 0.05) is 29.3 Å². The summed E-state index contributed by atoms with van der Waals surface area (Å²) in [7, 11) is 1.99. The first-order valence-electron chi connectivity index (χ1n) is 13.3. The van der Waals surface area contributed by atoms with Crippen molar-refractivity contribution in [2.45, 2.75) is 83.2 Å². The number of rotatable bonds is 9. The maximum absolute atomic E-state index is 6.25. The van der Waals surface area contributed by atoms with Gasteiger partial charge in [-0.1, -0.05) is 50.7 Å². The van der Waals surface area contributed by atoms with E-state index in [0.717, 1.165) is 67.0 Å². The fourth-order valence-electron chi connectivity index (χ4n) is 4.97. The molecule has 1 aliphatic carbocycles. The summed E-state index contributed by atoms with van der Waals surface area (Å²) in [4.78, 5) is 16.1. The van der Waals surface area contributed by atoms with Crippen molar-refractivity contribution in [3.8, 4) is 23.1 Å². The Balaban J connectivity index is 1.30. The molecule has 2 atom stereocenters. The molecule has 0 radical (unpaired) electrons. The van der Waals surface area contributed by atoms with E-state index in [1.165, 1.54) is 18.5 Å². The average Bonchev–Trinajstić information content (AvgIpc) is 3.58. The average molecular weight is 473 g/mol. The molecule has 0 bridgehead atoms. The highest BCUT2D eigenvalue weighted by atomic mass is 15.0. The summed E-state index contributed by atoms with van der Waals surface area (Å²) in [6, 6.07) is 8.70. The molecule has 2 heterocycles. The molecule has 0 saturated heterocycles. The first kappa shape index (κ1) is 25.2. The molecule has 2 unspecified atom stereocenters. The van der Waals surface area contributed by atoms with E-state index in [4.69, 9.17) is 5.73 Å². The van der Waals surface area contributed by atoms with Gasteiger partial charge in [-0.25, -0.2) is 9.97 Å². The van der Waals surface area contributed by atoms with Crippen LogP contribution in [0.25, 0.3) is 11.3 Å². The summed E-state index contributed by atoms with van der Waals surface area (Å²) in [6.07, 6.45) is 12.8. The van der Waals surface area contributed by atoms with Gasteiger partial charge in [-0.15, -0.1) is 0 Å². The number of aromatic amines is 2. The fraction of sp³-hybridized carbons (Fsp3) is 0.517. The van der Waals surface area contributed by atoms with Crippen molar-refractivity contribution in [1.82, 2.24) is 25.3 Å². The van der Waals surface area contributed by atoms with Gasteiger partial charge in [-0.3, -0.25) is 0 Å². The lowest BCUT2D eigenvalue weighted by molar-refractivity contribution is 0.380. The summed E-state index contributed by atoms with van der Waals surface area (Å²) >= 11 is 0. The molecule has 6 heteroatoms.